The van der Waals surface area contributed by atoms with Gasteiger partial charge in [-0.25, -0.2) is 0 Å². The Morgan fingerprint density at radius 1 is 1.21 bits per heavy atom. The normalized spacial score (nSPS) is 11.2. The number of rotatable bonds is 5. The monoisotopic (exact) mass is 259 g/mol. The maximum absolute atomic E-state index is 5.89. The van der Waals surface area contributed by atoms with Crippen molar-refractivity contribution < 1.29 is 4.74 Å². The summed E-state index contributed by atoms with van der Waals surface area (Å²) in [7, 11) is 1.63. The Morgan fingerprint density at radius 3 is 2.58 bits per heavy atom. The second-order valence-corrected chi connectivity index (χ2v) is 4.59. The lowest BCUT2D eigenvalue weighted by Crippen LogP contribution is -2.22. The Bertz CT molecular complexity index is 565. The van der Waals surface area contributed by atoms with Crippen LogP contribution in [0.3, 0.4) is 0 Å². The molecular weight excluding hydrogens is 238 g/mol. The Labute approximate surface area is 114 Å². The number of aromatic nitrogens is 1. The number of fused-ring (bicyclic) bond motifs is 1. The molecule has 1 heterocycles. The molecule has 1 aromatic carbocycles. The molecule has 4 nitrogen and oxygen atoms in total. The maximum atomic E-state index is 5.89. The Balaban J connectivity index is 2.36. The van der Waals surface area contributed by atoms with E-state index < -0.39 is 0 Å². The lowest BCUT2D eigenvalue weighted by atomic mass is 10.1. The zero-order valence-electron chi connectivity index (χ0n) is 11.8. The number of benzene rings is 1. The molecule has 0 aliphatic heterocycles. The van der Waals surface area contributed by atoms with Crippen molar-refractivity contribution in [3.8, 4) is 5.75 Å². The van der Waals surface area contributed by atoms with E-state index in [0.29, 0.717) is 11.4 Å². The average molecular weight is 259 g/mol. The molecular formula is C15H21N3O. The molecule has 0 bridgehead atoms. The van der Waals surface area contributed by atoms with Crippen LogP contribution >= 0.6 is 0 Å². The van der Waals surface area contributed by atoms with Crippen LogP contribution in [0.25, 0.3) is 10.9 Å². The van der Waals surface area contributed by atoms with Crippen molar-refractivity contribution in [1.29, 1.82) is 0 Å². The molecule has 0 fully saturated rings. The maximum Gasteiger partial charge on any atom is 0.142 e. The van der Waals surface area contributed by atoms with Gasteiger partial charge in [0, 0.05) is 18.1 Å². The molecule has 0 spiro atoms. The fourth-order valence-corrected chi connectivity index (χ4v) is 2.19. The third-order valence-electron chi connectivity index (χ3n) is 3.39. The van der Waals surface area contributed by atoms with E-state index >= 15 is 0 Å². The summed E-state index contributed by atoms with van der Waals surface area (Å²) in [6, 6.07) is 5.96. The summed E-state index contributed by atoms with van der Waals surface area (Å²) in [5, 5.41) is 1.07. The predicted octanol–water partition coefficient (Wildman–Crippen LogP) is 2.67. The first-order chi connectivity index (χ1) is 9.17. The minimum Gasteiger partial charge on any atom is -0.495 e. The second kappa shape index (κ2) is 5.89. The number of ether oxygens (including phenoxy) is 1. The van der Waals surface area contributed by atoms with Gasteiger partial charge in [-0.2, -0.15) is 0 Å². The molecule has 2 rings (SSSR count). The molecule has 0 amide bonds. The Morgan fingerprint density at radius 2 is 1.95 bits per heavy atom. The summed E-state index contributed by atoms with van der Waals surface area (Å²) in [6.07, 6.45) is 1.92. The van der Waals surface area contributed by atoms with Gasteiger partial charge in [-0.05, 0) is 36.9 Å². The van der Waals surface area contributed by atoms with E-state index in [1.54, 1.807) is 7.11 Å². The van der Waals surface area contributed by atoms with Crippen molar-refractivity contribution in [3.63, 3.8) is 0 Å². The van der Waals surface area contributed by atoms with Gasteiger partial charge in [-0.3, -0.25) is 9.88 Å². The SMILES string of the molecule is CCN(CC)Cc1cnc2cc(N)c(OC)cc2c1. The Hall–Kier alpha value is -1.81. The minimum absolute atomic E-state index is 0.624. The Kier molecular flexibility index (Phi) is 4.22. The first-order valence-electron chi connectivity index (χ1n) is 6.62. The van der Waals surface area contributed by atoms with Crippen molar-refractivity contribution in [2.45, 2.75) is 20.4 Å². The van der Waals surface area contributed by atoms with Gasteiger partial charge in [0.1, 0.15) is 5.75 Å². The topological polar surface area (TPSA) is 51.4 Å². The van der Waals surface area contributed by atoms with Gasteiger partial charge in [0.25, 0.3) is 0 Å². The van der Waals surface area contributed by atoms with Crippen LogP contribution in [0.2, 0.25) is 0 Å². The number of hydrogen-bond donors (Lipinski definition) is 1. The molecule has 4 heteroatoms. The van der Waals surface area contributed by atoms with Gasteiger partial charge >= 0.3 is 0 Å². The highest BCUT2D eigenvalue weighted by Crippen LogP contribution is 2.27. The molecule has 0 saturated heterocycles. The van der Waals surface area contributed by atoms with Crippen molar-refractivity contribution in [2.75, 3.05) is 25.9 Å². The standard InChI is InChI=1S/C15H21N3O/c1-4-18(5-2)10-11-6-12-7-15(19-3)13(16)8-14(12)17-9-11/h6-9H,4-5,10,16H2,1-3H3. The second-order valence-electron chi connectivity index (χ2n) is 4.59. The zero-order chi connectivity index (χ0) is 13.8. The highest BCUT2D eigenvalue weighted by atomic mass is 16.5. The van der Waals surface area contributed by atoms with Crippen molar-refractivity contribution in [2.24, 2.45) is 0 Å². The van der Waals surface area contributed by atoms with Gasteiger partial charge in [-0.1, -0.05) is 13.8 Å². The van der Waals surface area contributed by atoms with Gasteiger partial charge in [0.2, 0.25) is 0 Å². The van der Waals surface area contributed by atoms with E-state index in [9.17, 15) is 0 Å². The van der Waals surface area contributed by atoms with Crippen LogP contribution in [0.4, 0.5) is 5.69 Å². The third-order valence-corrected chi connectivity index (χ3v) is 3.39. The van der Waals surface area contributed by atoms with Crippen molar-refractivity contribution >= 4 is 16.6 Å². The van der Waals surface area contributed by atoms with Crippen molar-refractivity contribution in [1.82, 2.24) is 9.88 Å². The number of nitrogen functional groups attached to an aromatic ring is 1. The number of nitrogens with two attached hydrogens (primary N) is 1. The molecule has 0 atom stereocenters. The van der Waals surface area contributed by atoms with Crippen LogP contribution in [0.15, 0.2) is 24.4 Å². The fraction of sp³-hybridized carbons (Fsp3) is 0.400. The number of pyridine rings is 1. The molecule has 0 aliphatic rings. The molecule has 102 valence electrons. The first-order valence-corrected chi connectivity index (χ1v) is 6.62. The summed E-state index contributed by atoms with van der Waals surface area (Å²) < 4.78 is 5.25. The molecule has 19 heavy (non-hydrogen) atoms. The average Bonchev–Trinajstić information content (AvgIpc) is 2.44. The van der Waals surface area contributed by atoms with Crippen LogP contribution in [0.5, 0.6) is 5.75 Å². The first kappa shape index (κ1) is 13.6. The number of anilines is 1. The zero-order valence-corrected chi connectivity index (χ0v) is 11.8. The van der Waals surface area contributed by atoms with E-state index in [-0.39, 0.29) is 0 Å². The molecule has 0 saturated carbocycles. The summed E-state index contributed by atoms with van der Waals surface area (Å²) in [5.41, 5.74) is 8.63. The largest absolute Gasteiger partial charge is 0.495 e. The van der Waals surface area contributed by atoms with Gasteiger partial charge in [0.05, 0.1) is 18.3 Å². The third kappa shape index (κ3) is 2.96. The van der Waals surface area contributed by atoms with E-state index in [0.717, 1.165) is 30.5 Å². The van der Waals surface area contributed by atoms with Crippen LogP contribution in [-0.4, -0.2) is 30.1 Å². The van der Waals surface area contributed by atoms with Gasteiger partial charge in [-0.15, -0.1) is 0 Å². The lowest BCUT2D eigenvalue weighted by molar-refractivity contribution is 0.295. The minimum atomic E-state index is 0.624. The molecule has 0 aliphatic carbocycles. The highest BCUT2D eigenvalue weighted by molar-refractivity contribution is 5.85. The number of nitrogens with zero attached hydrogens (tertiary/aromatic N) is 2. The van der Waals surface area contributed by atoms with Gasteiger partial charge in [0.15, 0.2) is 0 Å². The van der Waals surface area contributed by atoms with Gasteiger partial charge < -0.3 is 10.5 Å². The van der Waals surface area contributed by atoms with Crippen molar-refractivity contribution in [3.05, 3.63) is 30.0 Å². The number of hydrogen-bond acceptors (Lipinski definition) is 4. The van der Waals surface area contributed by atoms with Crippen LogP contribution in [0.1, 0.15) is 19.4 Å². The van der Waals surface area contributed by atoms with E-state index in [1.807, 2.05) is 18.3 Å². The van der Waals surface area contributed by atoms with E-state index in [2.05, 4.69) is 29.8 Å². The number of methoxy groups -OCH3 is 1. The molecule has 2 N–H and O–H groups in total. The molecule has 0 radical (unpaired) electrons. The van der Waals surface area contributed by atoms with Crippen LogP contribution in [-0.2, 0) is 6.54 Å². The summed E-state index contributed by atoms with van der Waals surface area (Å²) in [5.74, 6) is 0.703. The molecule has 2 aromatic rings. The lowest BCUT2D eigenvalue weighted by Gasteiger charge is -2.18. The van der Waals surface area contributed by atoms with E-state index in [1.165, 1.54) is 5.56 Å². The summed E-state index contributed by atoms with van der Waals surface area (Å²) in [4.78, 5) is 6.84. The summed E-state index contributed by atoms with van der Waals surface area (Å²) >= 11 is 0. The molecule has 0 unspecified atom stereocenters. The predicted molar refractivity (Wildman–Crippen MR) is 79.3 cm³/mol. The smallest absolute Gasteiger partial charge is 0.142 e. The van der Waals surface area contributed by atoms with Crippen LogP contribution in [0, 0.1) is 0 Å². The molecule has 1 aromatic heterocycles. The fourth-order valence-electron chi connectivity index (χ4n) is 2.19. The van der Waals surface area contributed by atoms with E-state index in [4.69, 9.17) is 10.5 Å². The highest BCUT2D eigenvalue weighted by Gasteiger charge is 2.06. The summed E-state index contributed by atoms with van der Waals surface area (Å²) in [6.45, 7) is 7.34. The van der Waals surface area contributed by atoms with Crippen LogP contribution < -0.4 is 10.5 Å². The quantitative estimate of drug-likeness (QED) is 0.839.